The fourth-order valence-corrected chi connectivity index (χ4v) is 2.34. The molecule has 1 unspecified atom stereocenters. The smallest absolute Gasteiger partial charge is 0.326 e. The maximum absolute atomic E-state index is 12.4. The first-order valence-electron chi connectivity index (χ1n) is 7.38. The van der Waals surface area contributed by atoms with Gasteiger partial charge >= 0.3 is 5.97 Å². The van der Waals surface area contributed by atoms with Crippen molar-refractivity contribution in [2.45, 2.75) is 39.7 Å². The summed E-state index contributed by atoms with van der Waals surface area (Å²) in [7, 11) is 0. The second-order valence-electron chi connectivity index (χ2n) is 6.71. The third-order valence-corrected chi connectivity index (χ3v) is 3.62. The summed E-state index contributed by atoms with van der Waals surface area (Å²) in [4.78, 5) is 26.8. The molecule has 1 aromatic heterocycles. The van der Waals surface area contributed by atoms with Gasteiger partial charge in [0.15, 0.2) is 0 Å². The van der Waals surface area contributed by atoms with Crippen LogP contribution in [-0.2, 0) is 4.79 Å². The molecule has 2 aromatic rings. The van der Waals surface area contributed by atoms with E-state index in [-0.39, 0.29) is 11.3 Å². The zero-order chi connectivity index (χ0) is 16.3. The Morgan fingerprint density at radius 1 is 1.27 bits per heavy atom. The summed E-state index contributed by atoms with van der Waals surface area (Å²) in [6.07, 6.45) is 2.89. The Hall–Kier alpha value is -2.30. The molecule has 1 aromatic carbocycles. The quantitative estimate of drug-likeness (QED) is 0.793. The number of benzene rings is 1. The average Bonchev–Trinajstić information content (AvgIpc) is 2.89. The summed E-state index contributed by atoms with van der Waals surface area (Å²) in [5.74, 6) is -1.37. The normalized spacial score (nSPS) is 13.0. The van der Waals surface area contributed by atoms with Gasteiger partial charge in [-0.15, -0.1) is 0 Å². The Balaban J connectivity index is 2.14. The van der Waals surface area contributed by atoms with Gasteiger partial charge in [-0.05, 0) is 30.4 Å². The van der Waals surface area contributed by atoms with Crippen LogP contribution in [0.2, 0.25) is 0 Å². The van der Waals surface area contributed by atoms with E-state index in [1.807, 2.05) is 32.9 Å². The lowest BCUT2D eigenvalue weighted by Crippen LogP contribution is -2.41. The van der Waals surface area contributed by atoms with Crippen LogP contribution in [0.15, 0.2) is 30.5 Å². The summed E-state index contributed by atoms with van der Waals surface area (Å²) >= 11 is 0. The number of hydrogen-bond donors (Lipinski definition) is 3. The summed E-state index contributed by atoms with van der Waals surface area (Å²) in [6.45, 7) is 6.15. The van der Waals surface area contributed by atoms with E-state index in [2.05, 4.69) is 10.3 Å². The van der Waals surface area contributed by atoms with Crippen LogP contribution >= 0.6 is 0 Å². The molecular weight excluding hydrogens is 280 g/mol. The number of carboxylic acids is 1. The number of aromatic nitrogens is 1. The molecule has 0 saturated heterocycles. The van der Waals surface area contributed by atoms with Gasteiger partial charge in [0.05, 0.1) is 11.1 Å². The molecule has 22 heavy (non-hydrogen) atoms. The van der Waals surface area contributed by atoms with Crippen molar-refractivity contribution >= 4 is 22.8 Å². The fraction of sp³-hybridized carbons (Fsp3) is 0.412. The van der Waals surface area contributed by atoms with E-state index >= 15 is 0 Å². The number of nitrogens with one attached hydrogen (secondary N) is 2. The van der Waals surface area contributed by atoms with E-state index in [0.29, 0.717) is 12.0 Å². The van der Waals surface area contributed by atoms with Crippen LogP contribution in [-0.4, -0.2) is 28.0 Å². The highest BCUT2D eigenvalue weighted by Gasteiger charge is 2.24. The van der Waals surface area contributed by atoms with Gasteiger partial charge in [-0.2, -0.15) is 0 Å². The molecule has 118 valence electrons. The number of aromatic amines is 1. The number of fused-ring (bicyclic) bond motifs is 1. The first-order chi connectivity index (χ1) is 10.3. The van der Waals surface area contributed by atoms with Crippen LogP contribution in [0.4, 0.5) is 0 Å². The molecule has 0 fully saturated rings. The topological polar surface area (TPSA) is 82.2 Å². The Kier molecular flexibility index (Phi) is 4.54. The van der Waals surface area contributed by atoms with Crippen molar-refractivity contribution in [1.29, 1.82) is 0 Å². The molecule has 1 heterocycles. The molecule has 0 aliphatic rings. The number of para-hydroxylation sites is 1. The second kappa shape index (κ2) is 6.22. The van der Waals surface area contributed by atoms with Gasteiger partial charge in [-0.3, -0.25) is 4.79 Å². The van der Waals surface area contributed by atoms with E-state index in [4.69, 9.17) is 0 Å². The molecule has 0 spiro atoms. The highest BCUT2D eigenvalue weighted by atomic mass is 16.4. The van der Waals surface area contributed by atoms with Gasteiger partial charge in [-0.25, -0.2) is 4.79 Å². The maximum Gasteiger partial charge on any atom is 0.326 e. The molecule has 0 aliphatic heterocycles. The number of rotatable bonds is 5. The van der Waals surface area contributed by atoms with Crippen molar-refractivity contribution in [2.24, 2.45) is 5.41 Å². The van der Waals surface area contributed by atoms with Crippen molar-refractivity contribution in [2.75, 3.05) is 0 Å². The zero-order valence-electron chi connectivity index (χ0n) is 13.1. The lowest BCUT2D eigenvalue weighted by atomic mass is 9.88. The van der Waals surface area contributed by atoms with Gasteiger partial charge in [-0.1, -0.05) is 32.9 Å². The molecular formula is C17H22N2O3. The molecule has 5 heteroatoms. The van der Waals surface area contributed by atoms with Gasteiger partial charge in [0, 0.05) is 11.6 Å². The van der Waals surface area contributed by atoms with Gasteiger partial charge in [0.1, 0.15) is 6.04 Å². The van der Waals surface area contributed by atoms with Crippen LogP contribution in [0.5, 0.6) is 0 Å². The number of amides is 1. The van der Waals surface area contributed by atoms with E-state index in [0.717, 1.165) is 17.3 Å². The Morgan fingerprint density at radius 2 is 2.00 bits per heavy atom. The number of carbonyl (C=O) groups is 2. The first kappa shape index (κ1) is 16.1. The van der Waals surface area contributed by atoms with E-state index in [1.54, 1.807) is 18.3 Å². The lowest BCUT2D eigenvalue weighted by Gasteiger charge is -2.21. The number of carbonyl (C=O) groups excluding carboxylic acids is 1. The van der Waals surface area contributed by atoms with Gasteiger partial charge < -0.3 is 15.4 Å². The molecule has 5 nitrogen and oxygen atoms in total. The van der Waals surface area contributed by atoms with Crippen molar-refractivity contribution in [3.63, 3.8) is 0 Å². The lowest BCUT2D eigenvalue weighted by molar-refractivity contribution is -0.139. The first-order valence-corrected chi connectivity index (χ1v) is 7.38. The van der Waals surface area contributed by atoms with Gasteiger partial charge in [0.25, 0.3) is 5.91 Å². The highest BCUT2D eigenvalue weighted by molar-refractivity contribution is 6.06. The Morgan fingerprint density at radius 3 is 2.64 bits per heavy atom. The fourth-order valence-electron chi connectivity index (χ4n) is 2.34. The summed E-state index contributed by atoms with van der Waals surface area (Å²) in [6, 6.07) is 6.38. The van der Waals surface area contributed by atoms with Crippen LogP contribution in [0.1, 0.15) is 44.0 Å². The Bertz CT molecular complexity index is 683. The van der Waals surface area contributed by atoms with Crippen molar-refractivity contribution in [3.8, 4) is 0 Å². The van der Waals surface area contributed by atoms with Crippen molar-refractivity contribution < 1.29 is 14.7 Å². The molecule has 2 rings (SSSR count). The molecule has 1 amide bonds. The zero-order valence-corrected chi connectivity index (χ0v) is 13.1. The minimum absolute atomic E-state index is 0.0257. The van der Waals surface area contributed by atoms with Crippen molar-refractivity contribution in [1.82, 2.24) is 10.3 Å². The number of H-pyrrole nitrogens is 1. The van der Waals surface area contributed by atoms with Crippen LogP contribution in [0.25, 0.3) is 10.9 Å². The number of hydrogen-bond acceptors (Lipinski definition) is 2. The van der Waals surface area contributed by atoms with E-state index in [9.17, 15) is 14.7 Å². The van der Waals surface area contributed by atoms with E-state index < -0.39 is 12.0 Å². The summed E-state index contributed by atoms with van der Waals surface area (Å²) in [5, 5.41) is 12.9. The van der Waals surface area contributed by atoms with Crippen LogP contribution < -0.4 is 5.32 Å². The Labute approximate surface area is 129 Å². The predicted octanol–water partition coefficient (Wildman–Crippen LogP) is 3.18. The van der Waals surface area contributed by atoms with Crippen LogP contribution in [0.3, 0.4) is 0 Å². The molecule has 0 radical (unpaired) electrons. The van der Waals surface area contributed by atoms with E-state index in [1.165, 1.54) is 0 Å². The third-order valence-electron chi connectivity index (χ3n) is 3.62. The monoisotopic (exact) mass is 302 g/mol. The van der Waals surface area contributed by atoms with Gasteiger partial charge in [0.2, 0.25) is 0 Å². The maximum atomic E-state index is 12.4. The standard InChI is InChI=1S/C17H22N2O3/c1-17(2,3)9-7-13(16(21)22)19-15(20)12-6-4-5-11-8-10-18-14(11)12/h4-6,8,10,13,18H,7,9H2,1-3H3,(H,19,20)(H,21,22). The SMILES string of the molecule is CC(C)(C)CCC(NC(=O)c1cccc2cc[nH]c12)C(=O)O. The highest BCUT2D eigenvalue weighted by Crippen LogP contribution is 2.22. The minimum atomic E-state index is -1.00. The predicted molar refractivity (Wildman–Crippen MR) is 85.9 cm³/mol. The largest absolute Gasteiger partial charge is 0.480 e. The molecule has 1 atom stereocenters. The molecule has 0 aliphatic carbocycles. The molecule has 0 bridgehead atoms. The van der Waals surface area contributed by atoms with Crippen molar-refractivity contribution in [3.05, 3.63) is 36.0 Å². The molecule has 0 saturated carbocycles. The summed E-state index contributed by atoms with van der Waals surface area (Å²) in [5.41, 5.74) is 1.21. The minimum Gasteiger partial charge on any atom is -0.480 e. The summed E-state index contributed by atoms with van der Waals surface area (Å²) < 4.78 is 0. The second-order valence-corrected chi connectivity index (χ2v) is 6.71. The van der Waals surface area contributed by atoms with Crippen LogP contribution in [0, 0.1) is 5.41 Å². The molecule has 3 N–H and O–H groups in total. The third kappa shape index (κ3) is 3.87. The average molecular weight is 302 g/mol. The number of aliphatic carboxylic acids is 1. The number of carboxylic acid groups (broad SMARTS) is 1.